The monoisotopic (exact) mass is 1810 g/mol. The summed E-state index contributed by atoms with van der Waals surface area (Å²) in [5.74, 6) is -4.79. The number of pyridine rings is 7. The predicted molar refractivity (Wildman–Crippen MR) is 369 cm³/mol. The SMILES string of the molecule is CCOC(=O)c1ccc(Br)c(C(=O)OCC)n1.CCOC(=O)c1ccc(Br)c(CO)n1.CCOC(=O)c1nc(CCl)ccc1Br.CCOC(=O)c1nc(CO)ccc1Br.Cc1ccc(Br)c(C)n1.O=C(Cl)c1ccc(Br)c(C(=O)Cl)n1.O=C(O)c1ccc(Br)c(C(=O)O)n1. The highest BCUT2D eigenvalue weighted by Gasteiger charge is 2.20. The summed E-state index contributed by atoms with van der Waals surface area (Å²) in [6, 6.07) is 22.4. The highest BCUT2D eigenvalue weighted by atomic mass is 79.9. The Balaban J connectivity index is 0.000000551. The first-order valence-corrected chi connectivity index (χ1v) is 33.3. The Bertz CT molecular complexity index is 3650. The number of halogens is 10. The molecule has 504 valence electrons. The third-order valence-corrected chi connectivity index (χ3v) is 15.5. The van der Waals surface area contributed by atoms with Gasteiger partial charge < -0.3 is 44.1 Å². The van der Waals surface area contributed by atoms with Crippen LogP contribution in [0.1, 0.15) is 157 Å². The Morgan fingerprint density at radius 2 is 0.723 bits per heavy atom. The van der Waals surface area contributed by atoms with Crippen LogP contribution in [0.5, 0.6) is 0 Å². The van der Waals surface area contributed by atoms with E-state index in [0.29, 0.717) is 59.3 Å². The lowest BCUT2D eigenvalue weighted by Crippen LogP contribution is -2.13. The zero-order chi connectivity index (χ0) is 71.4. The third kappa shape index (κ3) is 30.7. The highest BCUT2D eigenvalue weighted by Crippen LogP contribution is 2.22. The number of carbonyl (C=O) groups excluding carboxylic acids is 7. The summed E-state index contributed by atoms with van der Waals surface area (Å²) in [7, 11) is 0. The van der Waals surface area contributed by atoms with E-state index in [-0.39, 0.29) is 88.0 Å². The molecule has 4 N–H and O–H groups in total. The quantitative estimate of drug-likeness (QED) is 0.0285. The van der Waals surface area contributed by atoms with Crippen LogP contribution in [0.2, 0.25) is 0 Å². The van der Waals surface area contributed by atoms with Crippen molar-refractivity contribution in [1.29, 1.82) is 0 Å². The Morgan fingerprint density at radius 3 is 1.12 bits per heavy atom. The number of rotatable bonds is 17. The fourth-order valence-corrected chi connectivity index (χ4v) is 8.92. The van der Waals surface area contributed by atoms with Crippen LogP contribution in [0.3, 0.4) is 0 Å². The summed E-state index contributed by atoms with van der Waals surface area (Å²) in [6.07, 6.45) is 0. The van der Waals surface area contributed by atoms with E-state index in [9.17, 15) is 43.2 Å². The van der Waals surface area contributed by atoms with Gasteiger partial charge >= 0.3 is 41.8 Å². The number of aromatic nitrogens is 7. The van der Waals surface area contributed by atoms with Crippen LogP contribution in [0.25, 0.3) is 0 Å². The molecule has 0 amide bonds. The second-order valence-electron chi connectivity index (χ2n) is 16.7. The first kappa shape index (κ1) is 85.8. The summed E-state index contributed by atoms with van der Waals surface area (Å²) < 4.78 is 28.1. The van der Waals surface area contributed by atoms with Crippen molar-refractivity contribution in [3.05, 3.63) is 196 Å². The lowest BCUT2D eigenvalue weighted by molar-refractivity contribution is 0.0497. The van der Waals surface area contributed by atoms with Crippen molar-refractivity contribution in [3.8, 4) is 0 Å². The first-order chi connectivity index (χ1) is 44.4. The molecule has 0 atom stereocenters. The number of carboxylic acids is 2. The van der Waals surface area contributed by atoms with E-state index in [4.69, 9.17) is 78.9 Å². The lowest BCUT2D eigenvalue weighted by Gasteiger charge is -2.05. The molecule has 0 saturated heterocycles. The molecule has 0 spiro atoms. The van der Waals surface area contributed by atoms with Crippen molar-refractivity contribution in [3.63, 3.8) is 0 Å². The number of nitrogens with zero attached hydrogens (tertiary/aromatic N) is 7. The maximum Gasteiger partial charge on any atom is 0.358 e. The number of hydrogen-bond donors (Lipinski definition) is 4. The number of aryl methyl sites for hydroxylation is 2. The molecule has 0 bridgehead atoms. The van der Waals surface area contributed by atoms with Gasteiger partial charge in [-0.2, -0.15) is 0 Å². The maximum atomic E-state index is 11.5. The van der Waals surface area contributed by atoms with Crippen molar-refractivity contribution in [2.45, 2.75) is 67.6 Å². The van der Waals surface area contributed by atoms with Gasteiger partial charge in [0.2, 0.25) is 0 Å². The summed E-state index contributed by atoms with van der Waals surface area (Å²) in [5.41, 5.74) is 3.83. The summed E-state index contributed by atoms with van der Waals surface area (Å²) >= 11 is 38.1. The zero-order valence-electron chi connectivity index (χ0n) is 50.2. The molecule has 7 rings (SSSR count). The van der Waals surface area contributed by atoms with Gasteiger partial charge in [-0.1, -0.05) is 0 Å². The van der Waals surface area contributed by atoms with E-state index >= 15 is 0 Å². The molecule has 94 heavy (non-hydrogen) atoms. The standard InChI is InChI=1S/C11H12BrNO4.C9H9BrClNO2.2C9H10BrNO3.C7H2BrCl2NO2.C7H4BrNO4.C7H8BrN/c1-3-16-10(14)8-6-5-7(12)9(13-8)11(15)17-4-2;1-2-14-9(13)8-7(10)4-3-6(5-11)12-8;1-2-14-9(13)7-4-3-6(10)8(5-12)11-7;1-2-14-9(13)8-7(10)4-3-6(5-12)11-8;8-3-1-2-4(6(9)12)11-5(3)7(10)13;8-3-1-2-4(6(10)11)9-5(3)7(12)13;1-5-3-4-7(8)6(2)9-5/h5-6H,3-4H2,1-2H3;3-4H,2,5H2,1H3;2*3-4,12H,2,5H2,1H3;1-2H;1-2H,(H,10,11)(H,12,13);3-4H,1-2H3. The molecule has 0 fully saturated rings. The van der Waals surface area contributed by atoms with E-state index in [0.717, 1.165) is 15.9 Å². The van der Waals surface area contributed by atoms with E-state index in [1.54, 1.807) is 77.1 Å². The number of alkyl halides is 1. The van der Waals surface area contributed by atoms with Gasteiger partial charge in [0.1, 0.15) is 28.5 Å². The predicted octanol–water partition coefficient (Wildman–Crippen LogP) is 14.3. The topological polar surface area (TPSA) is 371 Å². The Kier molecular flexibility index (Phi) is 42.1. The number of aromatic carboxylic acids is 2. The normalized spacial score (nSPS) is 9.82. The lowest BCUT2D eigenvalue weighted by atomic mass is 10.3. The molecule has 0 aromatic carbocycles. The molecule has 0 aliphatic rings. The molecule has 0 aliphatic carbocycles. The van der Waals surface area contributed by atoms with E-state index in [2.05, 4.69) is 146 Å². The maximum absolute atomic E-state index is 11.5. The molecule has 7 heterocycles. The molecule has 0 unspecified atom stereocenters. The van der Waals surface area contributed by atoms with Crippen molar-refractivity contribution >= 4 is 199 Å². The minimum absolute atomic E-state index is 0.00568. The number of carboxylic acid groups (broad SMARTS) is 2. The van der Waals surface area contributed by atoms with E-state index in [1.807, 2.05) is 26.0 Å². The molecule has 25 nitrogen and oxygen atoms in total. The smallest absolute Gasteiger partial charge is 0.358 e. The van der Waals surface area contributed by atoms with Crippen LogP contribution in [0.15, 0.2) is 116 Å². The van der Waals surface area contributed by atoms with Crippen molar-refractivity contribution < 1.29 is 87.3 Å². The van der Waals surface area contributed by atoms with Gasteiger partial charge in [0.05, 0.1) is 92.8 Å². The van der Waals surface area contributed by atoms with E-state index < -0.39 is 52.3 Å². The number of carbonyl (C=O) groups is 9. The number of aliphatic hydroxyl groups is 2. The molecular formula is C59H55Br7Cl3N7O18. The minimum Gasteiger partial charge on any atom is -0.477 e. The number of esters is 5. The largest absolute Gasteiger partial charge is 0.477 e. The van der Waals surface area contributed by atoms with Gasteiger partial charge in [0.25, 0.3) is 10.5 Å². The molecule has 7 aromatic heterocycles. The molecule has 7 aromatic rings. The van der Waals surface area contributed by atoms with Crippen molar-refractivity contribution in [2.75, 3.05) is 33.0 Å². The van der Waals surface area contributed by atoms with Crippen molar-refractivity contribution in [2.24, 2.45) is 0 Å². The van der Waals surface area contributed by atoms with Crippen LogP contribution in [0.4, 0.5) is 0 Å². The minimum atomic E-state index is -1.27. The Hall–Kier alpha value is -6.17. The van der Waals surface area contributed by atoms with Crippen molar-refractivity contribution in [1.82, 2.24) is 34.9 Å². The van der Waals surface area contributed by atoms with Crippen LogP contribution in [-0.2, 0) is 42.8 Å². The number of ether oxygens (including phenoxy) is 5. The van der Waals surface area contributed by atoms with Crippen LogP contribution in [0, 0.1) is 13.8 Å². The Labute approximate surface area is 611 Å². The van der Waals surface area contributed by atoms with Gasteiger partial charge in [-0.3, -0.25) is 14.6 Å². The molecular weight excluding hydrogens is 1760 g/mol. The highest BCUT2D eigenvalue weighted by molar-refractivity contribution is 9.11. The van der Waals surface area contributed by atoms with Gasteiger partial charge in [-0.05, 0) is 268 Å². The molecule has 35 heteroatoms. The number of aliphatic hydroxyl groups excluding tert-OH is 2. The summed E-state index contributed by atoms with van der Waals surface area (Å²) in [4.78, 5) is 126. The molecule has 0 saturated carbocycles. The van der Waals surface area contributed by atoms with Crippen LogP contribution in [-0.4, -0.2) is 141 Å². The van der Waals surface area contributed by atoms with Gasteiger partial charge in [-0.15, -0.1) is 11.6 Å². The third-order valence-electron chi connectivity index (χ3n) is 10.1. The molecule has 0 radical (unpaired) electrons. The first-order valence-electron chi connectivity index (χ1n) is 26.5. The van der Waals surface area contributed by atoms with Gasteiger partial charge in [0, 0.05) is 19.1 Å². The second-order valence-corrected chi connectivity index (χ2v) is 23.6. The molecule has 0 aliphatic heterocycles. The van der Waals surface area contributed by atoms with Crippen LogP contribution >= 0.6 is 146 Å². The second kappa shape index (κ2) is 46.1. The van der Waals surface area contributed by atoms with Gasteiger partial charge in [-0.25, -0.2) is 63.5 Å². The average Bonchev–Trinajstić information content (AvgIpc) is 0.987. The van der Waals surface area contributed by atoms with Crippen LogP contribution < -0.4 is 0 Å². The zero-order valence-corrected chi connectivity index (χ0v) is 63.5. The average molecular weight is 1820 g/mol. The van der Waals surface area contributed by atoms with Gasteiger partial charge in [0.15, 0.2) is 22.8 Å². The fourth-order valence-electron chi connectivity index (χ4n) is 5.90. The fraction of sp³-hybridized carbons (Fsp3) is 0.254. The summed E-state index contributed by atoms with van der Waals surface area (Å²) in [5, 5.41) is 33.4. The number of hydrogen-bond acceptors (Lipinski definition) is 23. The van der Waals surface area contributed by atoms with E-state index in [1.165, 1.54) is 30.3 Å². The summed E-state index contributed by atoms with van der Waals surface area (Å²) in [6.45, 7) is 13.6. The Morgan fingerprint density at radius 1 is 0.372 bits per heavy atom.